The first-order valence-electron chi connectivity index (χ1n) is 11.2. The van der Waals surface area contributed by atoms with Crippen molar-refractivity contribution in [1.82, 2.24) is 10.3 Å². The van der Waals surface area contributed by atoms with Gasteiger partial charge in [-0.1, -0.05) is 36.4 Å². The molecular weight excluding hydrogens is 466 g/mol. The van der Waals surface area contributed by atoms with Crippen LogP contribution in [-0.4, -0.2) is 47.4 Å². The smallest absolute Gasteiger partial charge is 0.254 e. The zero-order chi connectivity index (χ0) is 24.5. The third-order valence-electron chi connectivity index (χ3n) is 5.17. The van der Waals surface area contributed by atoms with Crippen LogP contribution in [0.15, 0.2) is 66.2 Å². The van der Waals surface area contributed by atoms with Crippen molar-refractivity contribution < 1.29 is 24.5 Å². The Morgan fingerprint density at radius 3 is 2.43 bits per heavy atom. The van der Waals surface area contributed by atoms with Crippen LogP contribution in [0.25, 0.3) is 10.1 Å². The van der Waals surface area contributed by atoms with E-state index in [-0.39, 0.29) is 32.3 Å². The number of amides is 1. The molecule has 4 aromatic rings. The number of carbonyl (C=O) groups is 1. The second kappa shape index (κ2) is 12.2. The lowest BCUT2D eigenvalue weighted by atomic mass is 10.1. The number of aromatic nitrogens is 1. The van der Waals surface area contributed by atoms with E-state index in [9.17, 15) is 9.90 Å². The third kappa shape index (κ3) is 6.27. The second-order valence-corrected chi connectivity index (χ2v) is 8.53. The molecule has 0 unspecified atom stereocenters. The van der Waals surface area contributed by atoms with Gasteiger partial charge >= 0.3 is 0 Å². The lowest BCUT2D eigenvalue weighted by Crippen LogP contribution is -2.26. The van der Waals surface area contributed by atoms with Crippen LogP contribution in [0.5, 0.6) is 11.5 Å². The zero-order valence-electron chi connectivity index (χ0n) is 19.1. The van der Waals surface area contributed by atoms with E-state index in [0.717, 1.165) is 21.2 Å². The molecule has 35 heavy (non-hydrogen) atoms. The largest absolute Gasteiger partial charge is 0.489 e. The van der Waals surface area contributed by atoms with Crippen molar-refractivity contribution in [3.8, 4) is 11.5 Å². The highest BCUT2D eigenvalue weighted by Gasteiger charge is 2.18. The Kier molecular flexibility index (Phi) is 8.50. The molecule has 0 spiro atoms. The maximum absolute atomic E-state index is 12.6. The predicted molar refractivity (Wildman–Crippen MR) is 136 cm³/mol. The van der Waals surface area contributed by atoms with Crippen LogP contribution in [0, 0.1) is 0 Å². The number of carbonyl (C=O) groups excluding carboxylic acids is 1. The number of hydrogen-bond acceptors (Lipinski definition) is 8. The van der Waals surface area contributed by atoms with Gasteiger partial charge in [-0.3, -0.25) is 4.79 Å². The Balaban J connectivity index is 1.52. The van der Waals surface area contributed by atoms with Gasteiger partial charge in [0.05, 0.1) is 23.5 Å². The van der Waals surface area contributed by atoms with Crippen molar-refractivity contribution in [1.29, 1.82) is 0 Å². The molecule has 0 aliphatic rings. The summed E-state index contributed by atoms with van der Waals surface area (Å²) >= 11 is 1.42. The molecule has 0 saturated carbocycles. The van der Waals surface area contributed by atoms with E-state index < -0.39 is 0 Å². The van der Waals surface area contributed by atoms with E-state index in [4.69, 9.17) is 14.6 Å². The molecule has 182 valence electrons. The van der Waals surface area contributed by atoms with Crippen molar-refractivity contribution >= 4 is 33.1 Å². The number of benzene rings is 2. The first-order valence-corrected chi connectivity index (χ1v) is 12.1. The van der Waals surface area contributed by atoms with Crippen molar-refractivity contribution in [2.45, 2.75) is 13.2 Å². The van der Waals surface area contributed by atoms with E-state index in [1.807, 2.05) is 60.0 Å². The summed E-state index contributed by atoms with van der Waals surface area (Å²) in [4.78, 5) is 17.0. The molecule has 0 radical (unpaired) electrons. The van der Waals surface area contributed by atoms with Gasteiger partial charge in [0.15, 0.2) is 0 Å². The number of aliphatic hydroxyl groups excluding tert-OH is 2. The van der Waals surface area contributed by atoms with Gasteiger partial charge in [0, 0.05) is 36.3 Å². The molecular formula is C26H27N3O5S. The van der Waals surface area contributed by atoms with E-state index in [1.165, 1.54) is 17.5 Å². The van der Waals surface area contributed by atoms with Crippen LogP contribution in [0.4, 0.5) is 5.82 Å². The highest BCUT2D eigenvalue weighted by atomic mass is 32.1. The minimum Gasteiger partial charge on any atom is -0.489 e. The molecule has 1 amide bonds. The van der Waals surface area contributed by atoms with Gasteiger partial charge in [0.2, 0.25) is 0 Å². The van der Waals surface area contributed by atoms with Crippen LogP contribution in [0.1, 0.15) is 21.5 Å². The molecule has 8 nitrogen and oxygen atoms in total. The third-order valence-corrected chi connectivity index (χ3v) is 6.23. The van der Waals surface area contributed by atoms with Crippen LogP contribution in [0.3, 0.4) is 0 Å². The fourth-order valence-corrected chi connectivity index (χ4v) is 4.56. The highest BCUT2D eigenvalue weighted by molar-refractivity contribution is 7.18. The first kappa shape index (κ1) is 24.5. The molecule has 4 N–H and O–H groups in total. The van der Waals surface area contributed by atoms with Gasteiger partial charge in [0.1, 0.15) is 30.5 Å². The van der Waals surface area contributed by atoms with Crippen molar-refractivity contribution in [3.63, 3.8) is 0 Å². The number of aliphatic hydroxyl groups is 2. The highest BCUT2D eigenvalue weighted by Crippen LogP contribution is 2.34. The van der Waals surface area contributed by atoms with E-state index in [0.29, 0.717) is 36.0 Å². The summed E-state index contributed by atoms with van der Waals surface area (Å²) < 4.78 is 12.7. The number of pyridine rings is 1. The van der Waals surface area contributed by atoms with E-state index in [1.54, 1.807) is 0 Å². The molecule has 0 aliphatic heterocycles. The first-order chi connectivity index (χ1) is 17.2. The summed E-state index contributed by atoms with van der Waals surface area (Å²) in [5.41, 5.74) is 2.37. The normalized spacial score (nSPS) is 10.8. The standard InChI is InChI=1S/C26H27N3O5S/c30-11-9-27-25-23-19(17-35-24(23)22(14-29-25)26(32)28-10-12-31)16-34-21-8-4-7-20(13-21)33-15-18-5-2-1-3-6-18/h1-8,13-14,17,30-31H,9-12,15-16H2,(H,27,29)(H,28,32). The Morgan fingerprint density at radius 1 is 0.943 bits per heavy atom. The number of rotatable bonds is 12. The van der Waals surface area contributed by atoms with Crippen molar-refractivity contribution in [2.24, 2.45) is 0 Å². The summed E-state index contributed by atoms with van der Waals surface area (Å²) in [5, 5.41) is 26.8. The maximum Gasteiger partial charge on any atom is 0.254 e. The fourth-order valence-electron chi connectivity index (χ4n) is 3.50. The van der Waals surface area contributed by atoms with E-state index in [2.05, 4.69) is 15.6 Å². The summed E-state index contributed by atoms with van der Waals surface area (Å²) in [5.74, 6) is 1.64. The zero-order valence-corrected chi connectivity index (χ0v) is 19.9. The monoisotopic (exact) mass is 493 g/mol. The average Bonchev–Trinajstić information content (AvgIpc) is 3.33. The van der Waals surface area contributed by atoms with Crippen LogP contribution < -0.4 is 20.1 Å². The molecule has 2 aromatic heterocycles. The molecule has 4 rings (SSSR count). The Morgan fingerprint density at radius 2 is 1.69 bits per heavy atom. The van der Waals surface area contributed by atoms with Gasteiger partial charge in [-0.05, 0) is 23.1 Å². The molecule has 9 heteroatoms. The van der Waals surface area contributed by atoms with Gasteiger partial charge in [0.25, 0.3) is 5.91 Å². The van der Waals surface area contributed by atoms with E-state index >= 15 is 0 Å². The quantitative estimate of drug-likeness (QED) is 0.239. The fraction of sp³-hybridized carbons (Fsp3) is 0.231. The Labute approximate surface area is 207 Å². The summed E-state index contributed by atoms with van der Waals surface area (Å²) in [6.07, 6.45) is 1.50. The van der Waals surface area contributed by atoms with Crippen molar-refractivity contribution in [3.05, 3.63) is 82.9 Å². The van der Waals surface area contributed by atoms with Crippen LogP contribution in [-0.2, 0) is 13.2 Å². The predicted octanol–water partition coefficient (Wildman–Crippen LogP) is 3.58. The Bertz CT molecular complexity index is 1260. The van der Waals surface area contributed by atoms with Crippen LogP contribution in [0.2, 0.25) is 0 Å². The van der Waals surface area contributed by atoms with Crippen molar-refractivity contribution in [2.75, 3.05) is 31.6 Å². The molecule has 0 aliphatic carbocycles. The van der Waals surface area contributed by atoms with Crippen LogP contribution >= 0.6 is 11.3 Å². The number of thiophene rings is 1. The minimum atomic E-state index is -0.303. The average molecular weight is 494 g/mol. The molecule has 2 heterocycles. The number of fused-ring (bicyclic) bond motifs is 1. The number of nitrogens with one attached hydrogen (secondary N) is 2. The molecule has 2 aromatic carbocycles. The lowest BCUT2D eigenvalue weighted by molar-refractivity contribution is 0.0946. The Hall–Kier alpha value is -3.66. The molecule has 0 saturated heterocycles. The summed E-state index contributed by atoms with van der Waals surface area (Å²) in [6, 6.07) is 17.4. The lowest BCUT2D eigenvalue weighted by Gasteiger charge is -2.12. The van der Waals surface area contributed by atoms with Gasteiger partial charge < -0.3 is 30.3 Å². The van der Waals surface area contributed by atoms with Gasteiger partial charge in [-0.2, -0.15) is 0 Å². The topological polar surface area (TPSA) is 113 Å². The summed E-state index contributed by atoms with van der Waals surface area (Å²) in [6.45, 7) is 1.03. The number of anilines is 1. The SMILES string of the molecule is O=C(NCCO)c1cnc(NCCO)c2c(COc3cccc(OCc4ccccc4)c3)csc12. The number of nitrogens with zero attached hydrogens (tertiary/aromatic N) is 1. The minimum absolute atomic E-state index is 0.0480. The number of ether oxygens (including phenoxy) is 2. The second-order valence-electron chi connectivity index (χ2n) is 7.65. The molecule has 0 atom stereocenters. The molecule has 0 bridgehead atoms. The summed E-state index contributed by atoms with van der Waals surface area (Å²) in [7, 11) is 0. The number of hydrogen-bond donors (Lipinski definition) is 4. The molecule has 0 fully saturated rings. The van der Waals surface area contributed by atoms with Gasteiger partial charge in [-0.15, -0.1) is 11.3 Å². The van der Waals surface area contributed by atoms with Gasteiger partial charge in [-0.25, -0.2) is 4.98 Å². The maximum atomic E-state index is 12.6.